The topological polar surface area (TPSA) is 81.5 Å². The zero-order chi connectivity index (χ0) is 12.1. The van der Waals surface area contributed by atoms with E-state index in [1.54, 1.807) is 6.92 Å². The molecule has 6 heteroatoms. The Morgan fingerprint density at radius 1 is 1.31 bits per heavy atom. The summed E-state index contributed by atoms with van der Waals surface area (Å²) >= 11 is 0. The SMILES string of the molecule is COc1nc(C)c(C=CC(=O)O)c(OC)n1. The first kappa shape index (κ1) is 12.0. The predicted molar refractivity (Wildman–Crippen MR) is 56.5 cm³/mol. The fourth-order valence-corrected chi connectivity index (χ4v) is 1.12. The third kappa shape index (κ3) is 2.69. The Kier molecular flexibility index (Phi) is 3.82. The third-order valence-corrected chi connectivity index (χ3v) is 1.85. The molecule has 1 aromatic rings. The van der Waals surface area contributed by atoms with E-state index in [0.29, 0.717) is 11.3 Å². The van der Waals surface area contributed by atoms with E-state index in [0.717, 1.165) is 6.08 Å². The molecule has 6 nitrogen and oxygen atoms in total. The molecule has 1 rings (SSSR count). The van der Waals surface area contributed by atoms with Gasteiger partial charge in [-0.05, 0) is 13.0 Å². The van der Waals surface area contributed by atoms with Gasteiger partial charge >= 0.3 is 12.0 Å². The van der Waals surface area contributed by atoms with Gasteiger partial charge in [0.2, 0.25) is 5.88 Å². The average Bonchev–Trinajstić information content (AvgIpc) is 2.26. The molecule has 16 heavy (non-hydrogen) atoms. The van der Waals surface area contributed by atoms with E-state index < -0.39 is 5.97 Å². The van der Waals surface area contributed by atoms with Gasteiger partial charge in [0, 0.05) is 6.08 Å². The van der Waals surface area contributed by atoms with Crippen molar-refractivity contribution in [3.05, 3.63) is 17.3 Å². The van der Waals surface area contributed by atoms with Gasteiger partial charge in [0.1, 0.15) is 0 Å². The van der Waals surface area contributed by atoms with E-state index >= 15 is 0 Å². The van der Waals surface area contributed by atoms with Crippen molar-refractivity contribution in [1.29, 1.82) is 0 Å². The maximum absolute atomic E-state index is 10.4. The van der Waals surface area contributed by atoms with Crippen LogP contribution in [0.1, 0.15) is 11.3 Å². The molecule has 0 fully saturated rings. The fourth-order valence-electron chi connectivity index (χ4n) is 1.12. The molecule has 1 aromatic heterocycles. The molecule has 0 saturated carbocycles. The highest BCUT2D eigenvalue weighted by Gasteiger charge is 2.10. The van der Waals surface area contributed by atoms with Gasteiger partial charge in [-0.2, -0.15) is 9.97 Å². The number of carbonyl (C=O) groups is 1. The standard InChI is InChI=1S/C10H12N2O4/c1-6-7(4-5-8(13)14)9(15-2)12-10(11-6)16-3/h4-5H,1-3H3,(H,13,14). The summed E-state index contributed by atoms with van der Waals surface area (Å²) in [4.78, 5) is 18.4. The highest BCUT2D eigenvalue weighted by molar-refractivity contribution is 5.86. The van der Waals surface area contributed by atoms with Crippen molar-refractivity contribution < 1.29 is 19.4 Å². The molecule has 0 unspecified atom stereocenters. The summed E-state index contributed by atoms with van der Waals surface area (Å²) < 4.78 is 9.90. The summed E-state index contributed by atoms with van der Waals surface area (Å²) in [5.41, 5.74) is 1.10. The van der Waals surface area contributed by atoms with E-state index in [4.69, 9.17) is 14.6 Å². The summed E-state index contributed by atoms with van der Waals surface area (Å²) in [6, 6.07) is 0.182. The number of methoxy groups -OCH3 is 2. The molecule has 0 aromatic carbocycles. The minimum atomic E-state index is -1.04. The first-order chi connectivity index (χ1) is 7.58. The van der Waals surface area contributed by atoms with E-state index in [9.17, 15) is 4.79 Å². The minimum absolute atomic E-state index is 0.182. The molecule has 0 aliphatic rings. The molecule has 0 aliphatic heterocycles. The van der Waals surface area contributed by atoms with Gasteiger partial charge in [0.15, 0.2) is 0 Å². The van der Waals surface area contributed by atoms with Gasteiger partial charge in [-0.15, -0.1) is 0 Å². The number of aliphatic carboxylic acids is 1. The van der Waals surface area contributed by atoms with Gasteiger partial charge in [0.05, 0.1) is 25.5 Å². The number of ether oxygens (including phenoxy) is 2. The first-order valence-electron chi connectivity index (χ1n) is 4.46. The normalized spacial score (nSPS) is 10.4. The second kappa shape index (κ2) is 5.11. The van der Waals surface area contributed by atoms with Crippen molar-refractivity contribution in [2.45, 2.75) is 6.92 Å². The predicted octanol–water partition coefficient (Wildman–Crippen LogP) is 0.900. The van der Waals surface area contributed by atoms with E-state index in [-0.39, 0.29) is 11.9 Å². The van der Waals surface area contributed by atoms with Crippen molar-refractivity contribution in [1.82, 2.24) is 9.97 Å². The van der Waals surface area contributed by atoms with E-state index in [1.165, 1.54) is 20.3 Å². The van der Waals surface area contributed by atoms with Crippen LogP contribution in [0.4, 0.5) is 0 Å². The number of nitrogens with zero attached hydrogens (tertiary/aromatic N) is 2. The summed E-state index contributed by atoms with van der Waals surface area (Å²) in [7, 11) is 2.89. The number of aryl methyl sites for hydroxylation is 1. The first-order valence-corrected chi connectivity index (χ1v) is 4.46. The van der Waals surface area contributed by atoms with Crippen molar-refractivity contribution in [2.24, 2.45) is 0 Å². The zero-order valence-corrected chi connectivity index (χ0v) is 9.22. The Morgan fingerprint density at radius 2 is 2.00 bits per heavy atom. The average molecular weight is 224 g/mol. The Balaban J connectivity index is 3.21. The molecule has 0 spiro atoms. The Morgan fingerprint density at radius 3 is 2.50 bits per heavy atom. The van der Waals surface area contributed by atoms with Crippen LogP contribution in [0.5, 0.6) is 11.9 Å². The van der Waals surface area contributed by atoms with Gasteiger partial charge in [-0.1, -0.05) is 0 Å². The molecule has 0 aliphatic carbocycles. The van der Waals surface area contributed by atoms with Gasteiger partial charge in [-0.25, -0.2) is 4.79 Å². The number of aromatic nitrogens is 2. The van der Waals surface area contributed by atoms with Crippen LogP contribution in [-0.4, -0.2) is 35.3 Å². The van der Waals surface area contributed by atoms with Gasteiger partial charge < -0.3 is 14.6 Å². The van der Waals surface area contributed by atoms with Crippen LogP contribution in [0.25, 0.3) is 6.08 Å². The number of hydrogen-bond acceptors (Lipinski definition) is 5. The van der Waals surface area contributed by atoms with Gasteiger partial charge in [0.25, 0.3) is 0 Å². The third-order valence-electron chi connectivity index (χ3n) is 1.85. The molecular formula is C10H12N2O4. The lowest BCUT2D eigenvalue weighted by Gasteiger charge is -2.07. The summed E-state index contributed by atoms with van der Waals surface area (Å²) in [6.07, 6.45) is 2.39. The molecule has 86 valence electrons. The molecule has 0 radical (unpaired) electrons. The van der Waals surface area contributed by atoms with Crippen LogP contribution in [0.2, 0.25) is 0 Å². The second-order valence-corrected chi connectivity index (χ2v) is 2.89. The van der Waals surface area contributed by atoms with E-state index in [1.807, 2.05) is 0 Å². The Bertz CT molecular complexity index is 429. The minimum Gasteiger partial charge on any atom is -0.480 e. The van der Waals surface area contributed by atoms with Crippen molar-refractivity contribution >= 4 is 12.0 Å². The fraction of sp³-hybridized carbons (Fsp3) is 0.300. The molecule has 0 atom stereocenters. The molecule has 0 saturated heterocycles. The van der Waals surface area contributed by atoms with Crippen LogP contribution >= 0.6 is 0 Å². The van der Waals surface area contributed by atoms with E-state index in [2.05, 4.69) is 9.97 Å². The van der Waals surface area contributed by atoms with Crippen LogP contribution < -0.4 is 9.47 Å². The van der Waals surface area contributed by atoms with Crippen LogP contribution in [0, 0.1) is 6.92 Å². The molecule has 1 heterocycles. The highest BCUT2D eigenvalue weighted by atomic mass is 16.5. The van der Waals surface area contributed by atoms with Crippen LogP contribution in [0.3, 0.4) is 0 Å². The van der Waals surface area contributed by atoms with Gasteiger partial charge in [-0.3, -0.25) is 0 Å². The Labute approximate surface area is 92.6 Å². The lowest BCUT2D eigenvalue weighted by Crippen LogP contribution is -2.01. The lowest BCUT2D eigenvalue weighted by molar-refractivity contribution is -0.131. The van der Waals surface area contributed by atoms with Crippen LogP contribution in [-0.2, 0) is 4.79 Å². The number of carboxylic acids is 1. The molecule has 0 amide bonds. The zero-order valence-electron chi connectivity index (χ0n) is 9.22. The maximum Gasteiger partial charge on any atom is 0.328 e. The van der Waals surface area contributed by atoms with Crippen molar-refractivity contribution in [2.75, 3.05) is 14.2 Å². The largest absolute Gasteiger partial charge is 0.480 e. The van der Waals surface area contributed by atoms with Crippen molar-refractivity contribution in [3.63, 3.8) is 0 Å². The second-order valence-electron chi connectivity index (χ2n) is 2.89. The highest BCUT2D eigenvalue weighted by Crippen LogP contribution is 2.22. The number of rotatable bonds is 4. The number of carboxylic acid groups (broad SMARTS) is 1. The maximum atomic E-state index is 10.4. The number of hydrogen-bond donors (Lipinski definition) is 1. The summed E-state index contributed by atoms with van der Waals surface area (Å²) in [5, 5.41) is 8.54. The molecule has 0 bridgehead atoms. The Hall–Kier alpha value is -2.11. The smallest absolute Gasteiger partial charge is 0.328 e. The molecule has 1 N–H and O–H groups in total. The molecular weight excluding hydrogens is 212 g/mol. The monoisotopic (exact) mass is 224 g/mol. The van der Waals surface area contributed by atoms with Crippen LogP contribution in [0.15, 0.2) is 6.08 Å². The van der Waals surface area contributed by atoms with Crippen molar-refractivity contribution in [3.8, 4) is 11.9 Å². The summed E-state index contributed by atoms with van der Waals surface area (Å²) in [6.45, 7) is 1.72. The quantitative estimate of drug-likeness (QED) is 0.765. The summed E-state index contributed by atoms with van der Waals surface area (Å²) in [5.74, 6) is -0.765. The lowest BCUT2D eigenvalue weighted by atomic mass is 10.2.